The number of carbonyl (C=O) groups excluding carboxylic acids is 1. The number of aromatic amines is 1. The van der Waals surface area contributed by atoms with Crippen molar-refractivity contribution in [1.29, 1.82) is 5.26 Å². The van der Waals surface area contributed by atoms with Crippen molar-refractivity contribution in [1.82, 2.24) is 20.1 Å². The summed E-state index contributed by atoms with van der Waals surface area (Å²) in [5, 5.41) is 16.6. The van der Waals surface area contributed by atoms with E-state index in [1.807, 2.05) is 42.5 Å². The highest BCUT2D eigenvalue weighted by molar-refractivity contribution is 6.04. The maximum atomic E-state index is 12.8. The first kappa shape index (κ1) is 14.7. The van der Waals surface area contributed by atoms with Crippen molar-refractivity contribution in [2.24, 2.45) is 0 Å². The molecule has 0 bridgehead atoms. The van der Waals surface area contributed by atoms with Gasteiger partial charge in [-0.2, -0.15) is 10.4 Å². The Bertz CT molecular complexity index is 850. The predicted molar refractivity (Wildman–Crippen MR) is 85.3 cm³/mol. The van der Waals surface area contributed by atoms with Crippen LogP contribution >= 0.6 is 0 Å². The number of pyridine rings is 1. The minimum absolute atomic E-state index is 0.205. The van der Waals surface area contributed by atoms with Crippen LogP contribution in [0, 0.1) is 11.3 Å². The minimum Gasteiger partial charge on any atom is -0.330 e. The van der Waals surface area contributed by atoms with Crippen LogP contribution in [-0.4, -0.2) is 32.5 Å². The normalized spacial score (nSPS) is 10.4. The van der Waals surface area contributed by atoms with E-state index >= 15 is 0 Å². The molecule has 23 heavy (non-hydrogen) atoms. The van der Waals surface area contributed by atoms with E-state index in [-0.39, 0.29) is 12.3 Å². The zero-order valence-corrected chi connectivity index (χ0v) is 12.4. The molecule has 2 aromatic heterocycles. The fourth-order valence-electron chi connectivity index (χ4n) is 2.40. The van der Waals surface area contributed by atoms with Gasteiger partial charge in [0.25, 0.3) is 5.91 Å². The molecule has 0 spiro atoms. The van der Waals surface area contributed by atoms with Gasteiger partial charge in [-0.1, -0.05) is 24.3 Å². The molecule has 0 aliphatic rings. The Morgan fingerprint density at radius 3 is 2.83 bits per heavy atom. The molecular formula is C17H15N5O. The molecule has 2 heterocycles. The number of hydrogen-bond donors (Lipinski definition) is 1. The Kier molecular flexibility index (Phi) is 4.29. The number of nitriles is 1. The molecule has 0 saturated heterocycles. The summed E-state index contributed by atoms with van der Waals surface area (Å²) in [6, 6.07) is 15.1. The molecule has 0 saturated carbocycles. The molecule has 0 unspecified atom stereocenters. The molecule has 6 heteroatoms. The summed E-state index contributed by atoms with van der Waals surface area (Å²) < 4.78 is 0. The topological polar surface area (TPSA) is 85.7 Å². The molecule has 0 aliphatic heterocycles. The summed E-state index contributed by atoms with van der Waals surface area (Å²) in [7, 11) is 0. The summed E-state index contributed by atoms with van der Waals surface area (Å²) >= 11 is 0. The summed E-state index contributed by atoms with van der Waals surface area (Å²) in [6.07, 6.45) is 1.95. The quantitative estimate of drug-likeness (QED) is 0.784. The number of hydrogen-bond acceptors (Lipinski definition) is 4. The van der Waals surface area contributed by atoms with E-state index in [0.29, 0.717) is 18.8 Å². The first-order valence-electron chi connectivity index (χ1n) is 7.29. The molecule has 0 aliphatic carbocycles. The third-order valence-electron chi connectivity index (χ3n) is 3.53. The number of fused-ring (bicyclic) bond motifs is 1. The number of carbonyl (C=O) groups is 1. The molecule has 0 atom stereocenters. The standard InChI is InChI=1S/C17H15N5O/c18-9-5-11-22(12-13-6-3-4-10-19-13)17(23)16-14-7-1-2-8-15(14)20-21-16/h1-4,6-8,10H,5,11-12H2,(H,20,21). The Hall–Kier alpha value is -3.20. The van der Waals surface area contributed by atoms with Gasteiger partial charge in [-0.05, 0) is 18.2 Å². The van der Waals surface area contributed by atoms with Gasteiger partial charge in [0, 0.05) is 18.1 Å². The predicted octanol–water partition coefficient (Wildman–Crippen LogP) is 2.51. The van der Waals surface area contributed by atoms with E-state index in [9.17, 15) is 4.79 Å². The van der Waals surface area contributed by atoms with E-state index in [1.165, 1.54) is 0 Å². The Morgan fingerprint density at radius 1 is 1.22 bits per heavy atom. The molecule has 6 nitrogen and oxygen atoms in total. The van der Waals surface area contributed by atoms with Crippen molar-refractivity contribution in [2.45, 2.75) is 13.0 Å². The summed E-state index contributed by atoms with van der Waals surface area (Å²) in [5.74, 6) is -0.205. The van der Waals surface area contributed by atoms with Gasteiger partial charge in [0.1, 0.15) is 0 Å². The highest BCUT2D eigenvalue weighted by Crippen LogP contribution is 2.18. The monoisotopic (exact) mass is 305 g/mol. The average molecular weight is 305 g/mol. The number of amides is 1. The van der Waals surface area contributed by atoms with Crippen molar-refractivity contribution < 1.29 is 4.79 Å². The number of H-pyrrole nitrogens is 1. The van der Waals surface area contributed by atoms with Crippen molar-refractivity contribution in [2.75, 3.05) is 6.54 Å². The van der Waals surface area contributed by atoms with Crippen molar-refractivity contribution in [3.05, 3.63) is 60.0 Å². The van der Waals surface area contributed by atoms with Crippen LogP contribution in [0.4, 0.5) is 0 Å². The lowest BCUT2D eigenvalue weighted by Gasteiger charge is -2.20. The van der Waals surface area contributed by atoms with E-state index in [1.54, 1.807) is 11.1 Å². The zero-order chi connectivity index (χ0) is 16.1. The smallest absolute Gasteiger partial charge is 0.275 e. The van der Waals surface area contributed by atoms with Gasteiger partial charge in [-0.15, -0.1) is 0 Å². The number of aromatic nitrogens is 3. The molecule has 114 valence electrons. The van der Waals surface area contributed by atoms with Crippen molar-refractivity contribution >= 4 is 16.8 Å². The molecule has 0 fully saturated rings. The average Bonchev–Trinajstić information content (AvgIpc) is 3.03. The fourth-order valence-corrected chi connectivity index (χ4v) is 2.40. The van der Waals surface area contributed by atoms with E-state index in [0.717, 1.165) is 16.6 Å². The number of nitrogens with zero attached hydrogens (tertiary/aromatic N) is 4. The summed E-state index contributed by atoms with van der Waals surface area (Å²) in [4.78, 5) is 18.7. The number of nitrogens with one attached hydrogen (secondary N) is 1. The Labute approximate surface area is 133 Å². The second kappa shape index (κ2) is 6.71. The van der Waals surface area contributed by atoms with Gasteiger partial charge >= 0.3 is 0 Å². The van der Waals surface area contributed by atoms with Crippen LogP contribution < -0.4 is 0 Å². The van der Waals surface area contributed by atoms with Crippen molar-refractivity contribution in [3.63, 3.8) is 0 Å². The zero-order valence-electron chi connectivity index (χ0n) is 12.4. The fraction of sp³-hybridized carbons (Fsp3) is 0.176. The van der Waals surface area contributed by atoms with Gasteiger partial charge in [0.2, 0.25) is 0 Å². The van der Waals surface area contributed by atoms with E-state index in [4.69, 9.17) is 5.26 Å². The van der Waals surface area contributed by atoms with Gasteiger partial charge in [0.05, 0.1) is 30.2 Å². The maximum absolute atomic E-state index is 12.8. The largest absolute Gasteiger partial charge is 0.330 e. The SMILES string of the molecule is N#CCCN(Cc1ccccn1)C(=O)c1n[nH]c2ccccc12. The van der Waals surface area contributed by atoms with Gasteiger partial charge in [-0.25, -0.2) is 0 Å². The number of benzene rings is 1. The van der Waals surface area contributed by atoms with Crippen LogP contribution in [0.5, 0.6) is 0 Å². The molecule has 1 amide bonds. The molecule has 1 aromatic carbocycles. The lowest BCUT2D eigenvalue weighted by Crippen LogP contribution is -2.32. The first-order valence-corrected chi connectivity index (χ1v) is 7.29. The third-order valence-corrected chi connectivity index (χ3v) is 3.53. The second-order valence-electron chi connectivity index (χ2n) is 5.07. The molecule has 3 aromatic rings. The highest BCUT2D eigenvalue weighted by atomic mass is 16.2. The van der Waals surface area contributed by atoms with Gasteiger partial charge in [0.15, 0.2) is 5.69 Å². The third kappa shape index (κ3) is 3.19. The number of para-hydroxylation sites is 1. The number of rotatable bonds is 5. The second-order valence-corrected chi connectivity index (χ2v) is 5.07. The van der Waals surface area contributed by atoms with Crippen LogP contribution in [0.15, 0.2) is 48.7 Å². The van der Waals surface area contributed by atoms with E-state index in [2.05, 4.69) is 21.3 Å². The molecule has 0 radical (unpaired) electrons. The molecular weight excluding hydrogens is 290 g/mol. The Morgan fingerprint density at radius 2 is 2.04 bits per heavy atom. The summed E-state index contributed by atoms with van der Waals surface area (Å²) in [5.41, 5.74) is 1.96. The maximum Gasteiger partial charge on any atom is 0.275 e. The van der Waals surface area contributed by atoms with Crippen LogP contribution in [0.3, 0.4) is 0 Å². The molecule has 3 rings (SSSR count). The van der Waals surface area contributed by atoms with Gasteiger partial charge in [-0.3, -0.25) is 14.9 Å². The van der Waals surface area contributed by atoms with Crippen LogP contribution in [-0.2, 0) is 6.54 Å². The summed E-state index contributed by atoms with van der Waals surface area (Å²) in [6.45, 7) is 0.690. The minimum atomic E-state index is -0.205. The van der Waals surface area contributed by atoms with Crippen LogP contribution in [0.25, 0.3) is 10.9 Å². The highest BCUT2D eigenvalue weighted by Gasteiger charge is 2.21. The lowest BCUT2D eigenvalue weighted by atomic mass is 10.2. The Balaban J connectivity index is 1.89. The van der Waals surface area contributed by atoms with Crippen LogP contribution in [0.2, 0.25) is 0 Å². The van der Waals surface area contributed by atoms with Crippen LogP contribution in [0.1, 0.15) is 22.6 Å². The molecule has 1 N–H and O–H groups in total. The first-order chi connectivity index (χ1) is 11.3. The lowest BCUT2D eigenvalue weighted by molar-refractivity contribution is 0.0741. The van der Waals surface area contributed by atoms with Crippen molar-refractivity contribution in [3.8, 4) is 6.07 Å². The van der Waals surface area contributed by atoms with E-state index < -0.39 is 0 Å². The van der Waals surface area contributed by atoms with Gasteiger partial charge < -0.3 is 4.90 Å².